The van der Waals surface area contributed by atoms with Crippen molar-refractivity contribution in [2.75, 3.05) is 5.32 Å². The first-order valence-electron chi connectivity index (χ1n) is 9.01. The summed E-state index contributed by atoms with van der Waals surface area (Å²) in [6.07, 6.45) is 2.15. The lowest BCUT2D eigenvalue weighted by atomic mass is 10.1. The zero-order valence-electron chi connectivity index (χ0n) is 15.8. The first-order chi connectivity index (χ1) is 14.0. The third-order valence-electron chi connectivity index (χ3n) is 4.22. The molecule has 1 aromatic carbocycles. The number of nitrogens with zero attached hydrogens (tertiary/aromatic N) is 3. The number of amides is 1. The summed E-state index contributed by atoms with van der Waals surface area (Å²) >= 11 is 0. The minimum absolute atomic E-state index is 0.00342. The van der Waals surface area contributed by atoms with Crippen LogP contribution in [0.25, 0.3) is 22.6 Å². The summed E-state index contributed by atoms with van der Waals surface area (Å²) in [6.45, 7) is 3.60. The number of aromatic nitrogens is 3. The summed E-state index contributed by atoms with van der Waals surface area (Å²) in [4.78, 5) is 25.7. The topological polar surface area (TPSA) is 94.1 Å². The SMILES string of the molecule is CCc1nc(-c2ccc(F)cc2)c(C(=O)Nc2nc(-c3ccccn3)c(C)o2)o1. The highest BCUT2D eigenvalue weighted by molar-refractivity contribution is 6.05. The lowest BCUT2D eigenvalue weighted by molar-refractivity contribution is 0.0993. The zero-order valence-corrected chi connectivity index (χ0v) is 15.8. The van der Waals surface area contributed by atoms with Gasteiger partial charge < -0.3 is 8.83 Å². The van der Waals surface area contributed by atoms with Gasteiger partial charge in [0.05, 0.1) is 5.69 Å². The maximum Gasteiger partial charge on any atom is 0.302 e. The molecule has 7 nitrogen and oxygen atoms in total. The van der Waals surface area contributed by atoms with Gasteiger partial charge in [-0.15, -0.1) is 0 Å². The Bertz CT molecular complexity index is 1150. The molecule has 0 radical (unpaired) electrons. The number of hydrogen-bond donors (Lipinski definition) is 1. The van der Waals surface area contributed by atoms with Gasteiger partial charge in [0.15, 0.2) is 5.89 Å². The monoisotopic (exact) mass is 392 g/mol. The van der Waals surface area contributed by atoms with Gasteiger partial charge in [-0.3, -0.25) is 15.1 Å². The maximum atomic E-state index is 13.3. The van der Waals surface area contributed by atoms with Gasteiger partial charge in [0.1, 0.15) is 23.0 Å². The second-order valence-corrected chi connectivity index (χ2v) is 6.24. The Labute approximate surface area is 165 Å². The van der Waals surface area contributed by atoms with E-state index in [1.54, 1.807) is 25.3 Å². The van der Waals surface area contributed by atoms with Crippen LogP contribution >= 0.6 is 0 Å². The fourth-order valence-electron chi connectivity index (χ4n) is 2.82. The second kappa shape index (κ2) is 7.67. The Morgan fingerprint density at radius 2 is 1.86 bits per heavy atom. The van der Waals surface area contributed by atoms with Gasteiger partial charge in [0.2, 0.25) is 5.76 Å². The van der Waals surface area contributed by atoms with Crippen LogP contribution in [0.15, 0.2) is 57.5 Å². The van der Waals surface area contributed by atoms with Crippen LogP contribution in [0.4, 0.5) is 10.4 Å². The molecule has 1 N–H and O–H groups in total. The number of nitrogens with one attached hydrogen (secondary N) is 1. The molecule has 8 heteroatoms. The summed E-state index contributed by atoms with van der Waals surface area (Å²) in [7, 11) is 0. The lowest BCUT2D eigenvalue weighted by Gasteiger charge is -2.01. The Hall–Kier alpha value is -3.81. The van der Waals surface area contributed by atoms with Crippen molar-refractivity contribution < 1.29 is 18.0 Å². The number of halogens is 1. The van der Waals surface area contributed by atoms with Crippen LogP contribution in [-0.4, -0.2) is 20.9 Å². The van der Waals surface area contributed by atoms with Crippen molar-refractivity contribution in [3.8, 4) is 22.6 Å². The van der Waals surface area contributed by atoms with E-state index in [1.807, 2.05) is 13.0 Å². The van der Waals surface area contributed by atoms with E-state index in [2.05, 4.69) is 20.3 Å². The minimum atomic E-state index is -0.564. The third kappa shape index (κ3) is 3.77. The molecule has 0 bridgehead atoms. The molecule has 0 aliphatic heterocycles. The third-order valence-corrected chi connectivity index (χ3v) is 4.22. The smallest absolute Gasteiger partial charge is 0.302 e. The number of rotatable bonds is 5. The van der Waals surface area contributed by atoms with Gasteiger partial charge in [-0.2, -0.15) is 4.98 Å². The van der Waals surface area contributed by atoms with Gasteiger partial charge in [-0.25, -0.2) is 9.37 Å². The molecule has 3 aromatic heterocycles. The number of carbonyl (C=O) groups is 1. The van der Waals surface area contributed by atoms with Crippen molar-refractivity contribution in [2.45, 2.75) is 20.3 Å². The summed E-state index contributed by atoms with van der Waals surface area (Å²) in [5, 5.41) is 2.60. The molecule has 0 saturated heterocycles. The van der Waals surface area contributed by atoms with Gasteiger partial charge in [-0.1, -0.05) is 13.0 Å². The molecule has 146 valence electrons. The predicted molar refractivity (Wildman–Crippen MR) is 104 cm³/mol. The van der Waals surface area contributed by atoms with E-state index < -0.39 is 5.91 Å². The van der Waals surface area contributed by atoms with E-state index >= 15 is 0 Å². The standard InChI is InChI=1S/C21H17FN4O3/c1-3-16-24-18(13-7-9-14(22)10-8-13)19(29-16)20(27)26-21-25-17(12(2)28-21)15-6-4-5-11-23-15/h4-11H,3H2,1-2H3,(H,25,26,27). The molecule has 0 atom stereocenters. The average molecular weight is 392 g/mol. The Kier molecular flexibility index (Phi) is 4.90. The molecule has 0 aliphatic rings. The number of pyridine rings is 1. The summed E-state index contributed by atoms with van der Waals surface area (Å²) in [5.41, 5.74) is 2.06. The van der Waals surface area contributed by atoms with Gasteiger partial charge >= 0.3 is 6.01 Å². The normalized spacial score (nSPS) is 10.9. The van der Waals surface area contributed by atoms with Crippen molar-refractivity contribution in [2.24, 2.45) is 0 Å². The predicted octanol–water partition coefficient (Wildman–Crippen LogP) is 4.65. The van der Waals surface area contributed by atoms with Crippen molar-refractivity contribution in [1.82, 2.24) is 15.0 Å². The maximum absolute atomic E-state index is 13.3. The molecule has 0 spiro atoms. The Balaban J connectivity index is 1.64. The molecule has 4 aromatic rings. The zero-order chi connectivity index (χ0) is 20.4. The van der Waals surface area contributed by atoms with Gasteiger partial charge in [0, 0.05) is 18.2 Å². The van der Waals surface area contributed by atoms with Crippen molar-refractivity contribution in [1.29, 1.82) is 0 Å². The number of hydrogen-bond acceptors (Lipinski definition) is 6. The fourth-order valence-corrected chi connectivity index (χ4v) is 2.82. The second-order valence-electron chi connectivity index (χ2n) is 6.24. The van der Waals surface area contributed by atoms with E-state index in [9.17, 15) is 9.18 Å². The van der Waals surface area contributed by atoms with E-state index in [0.717, 1.165) is 0 Å². The highest BCUT2D eigenvalue weighted by Gasteiger charge is 2.23. The van der Waals surface area contributed by atoms with Crippen LogP contribution in [0, 0.1) is 12.7 Å². The molecule has 0 aliphatic carbocycles. The highest BCUT2D eigenvalue weighted by atomic mass is 19.1. The summed E-state index contributed by atoms with van der Waals surface area (Å²) < 4.78 is 24.4. The summed E-state index contributed by atoms with van der Waals surface area (Å²) in [6, 6.07) is 11.1. The molecule has 0 fully saturated rings. The first kappa shape index (κ1) is 18.5. The molecule has 1 amide bonds. The number of benzene rings is 1. The van der Waals surface area contributed by atoms with E-state index in [-0.39, 0.29) is 17.6 Å². The van der Waals surface area contributed by atoms with Crippen LogP contribution in [0.1, 0.15) is 29.1 Å². The minimum Gasteiger partial charge on any atom is -0.435 e. The number of anilines is 1. The highest BCUT2D eigenvalue weighted by Crippen LogP contribution is 2.27. The van der Waals surface area contributed by atoms with Crippen molar-refractivity contribution in [3.63, 3.8) is 0 Å². The van der Waals surface area contributed by atoms with Crippen LogP contribution < -0.4 is 5.32 Å². The Morgan fingerprint density at radius 1 is 1.07 bits per heavy atom. The Morgan fingerprint density at radius 3 is 2.55 bits per heavy atom. The van der Waals surface area contributed by atoms with Gasteiger partial charge in [0.25, 0.3) is 5.91 Å². The van der Waals surface area contributed by atoms with Gasteiger partial charge in [-0.05, 0) is 43.3 Å². The van der Waals surface area contributed by atoms with Crippen LogP contribution in [-0.2, 0) is 6.42 Å². The largest absolute Gasteiger partial charge is 0.435 e. The average Bonchev–Trinajstić information content (AvgIpc) is 3.33. The molecule has 4 rings (SSSR count). The molecular weight excluding hydrogens is 375 g/mol. The molecule has 0 saturated carbocycles. The quantitative estimate of drug-likeness (QED) is 0.531. The van der Waals surface area contributed by atoms with E-state index in [1.165, 1.54) is 24.3 Å². The van der Waals surface area contributed by atoms with E-state index in [0.29, 0.717) is 40.7 Å². The fraction of sp³-hybridized carbons (Fsp3) is 0.143. The van der Waals surface area contributed by atoms with Crippen molar-refractivity contribution in [3.05, 3.63) is 71.9 Å². The van der Waals surface area contributed by atoms with Crippen LogP contribution in [0.2, 0.25) is 0 Å². The molecule has 3 heterocycles. The van der Waals surface area contributed by atoms with E-state index in [4.69, 9.17) is 8.83 Å². The number of carbonyl (C=O) groups excluding carboxylic acids is 1. The molecular formula is C21H17FN4O3. The summed E-state index contributed by atoms with van der Waals surface area (Å²) in [5.74, 6) is -0.0258. The van der Waals surface area contributed by atoms with Crippen LogP contribution in [0.3, 0.4) is 0 Å². The first-order valence-corrected chi connectivity index (χ1v) is 9.01. The molecule has 0 unspecified atom stereocenters. The number of aryl methyl sites for hydroxylation is 2. The van der Waals surface area contributed by atoms with Crippen molar-refractivity contribution >= 4 is 11.9 Å². The lowest BCUT2D eigenvalue weighted by Crippen LogP contribution is -2.12. The number of oxazole rings is 2. The van der Waals surface area contributed by atoms with Crippen LogP contribution in [0.5, 0.6) is 0 Å². The molecule has 29 heavy (non-hydrogen) atoms.